The zero-order valence-electron chi connectivity index (χ0n) is 20.5. The topological polar surface area (TPSA) is 74.9 Å². The van der Waals surface area contributed by atoms with Crippen molar-refractivity contribution in [2.45, 2.75) is 44.7 Å². The number of fused-ring (bicyclic) bond motifs is 4. The van der Waals surface area contributed by atoms with Gasteiger partial charge in [-0.15, -0.1) is 0 Å². The van der Waals surface area contributed by atoms with Crippen molar-refractivity contribution in [3.63, 3.8) is 0 Å². The van der Waals surface area contributed by atoms with E-state index in [1.165, 1.54) is 0 Å². The highest BCUT2D eigenvalue weighted by molar-refractivity contribution is 5.97. The quantitative estimate of drug-likeness (QED) is 0.474. The Balaban J connectivity index is 1.47. The second-order valence-corrected chi connectivity index (χ2v) is 9.34. The summed E-state index contributed by atoms with van der Waals surface area (Å²) in [6, 6.07) is 15.0. The molecule has 1 saturated heterocycles. The summed E-state index contributed by atoms with van der Waals surface area (Å²) in [7, 11) is 1.64. The number of piperazine rings is 1. The Labute approximate surface area is 206 Å². The molecular formula is C28H33N3O4. The van der Waals surface area contributed by atoms with Crippen molar-refractivity contribution in [3.05, 3.63) is 65.4 Å². The first-order valence-corrected chi connectivity index (χ1v) is 12.5. The van der Waals surface area contributed by atoms with Crippen LogP contribution in [-0.2, 0) is 20.7 Å². The number of carbonyl (C=O) groups excluding carboxylic acids is 2. The largest absolute Gasteiger partial charge is 0.497 e. The molecule has 3 heterocycles. The summed E-state index contributed by atoms with van der Waals surface area (Å²) >= 11 is 0. The number of hydrogen-bond acceptors (Lipinski definition) is 4. The Bertz CT molecular complexity index is 1220. The predicted molar refractivity (Wildman–Crippen MR) is 134 cm³/mol. The van der Waals surface area contributed by atoms with Gasteiger partial charge in [0.25, 0.3) is 0 Å². The normalized spacial score (nSPS) is 19.7. The summed E-state index contributed by atoms with van der Waals surface area (Å²) in [5, 5.41) is 1.11. The van der Waals surface area contributed by atoms with Crippen molar-refractivity contribution >= 4 is 22.7 Å². The number of nitrogens with zero attached hydrogens (tertiary/aromatic N) is 2. The first kappa shape index (κ1) is 23.4. The SMILES string of the molecule is CCCCOCCCN1CC(=O)N2C(Cc3c([nH]c4ccccc34)C2c2cccc(OC)c2)C1=O. The van der Waals surface area contributed by atoms with Crippen molar-refractivity contribution in [2.24, 2.45) is 0 Å². The minimum atomic E-state index is -0.528. The maximum atomic E-state index is 13.7. The minimum Gasteiger partial charge on any atom is -0.497 e. The predicted octanol–water partition coefficient (Wildman–Crippen LogP) is 4.07. The van der Waals surface area contributed by atoms with E-state index in [1.807, 2.05) is 42.5 Å². The molecule has 0 radical (unpaired) electrons. The van der Waals surface area contributed by atoms with Crippen LogP contribution in [-0.4, -0.2) is 66.1 Å². The first-order valence-electron chi connectivity index (χ1n) is 12.5. The van der Waals surface area contributed by atoms with Crippen molar-refractivity contribution < 1.29 is 19.1 Å². The molecule has 35 heavy (non-hydrogen) atoms. The van der Waals surface area contributed by atoms with E-state index in [2.05, 4.69) is 18.0 Å². The number of unbranched alkanes of at least 4 members (excludes halogenated alkanes) is 1. The molecule has 2 amide bonds. The fraction of sp³-hybridized carbons (Fsp3) is 0.429. The van der Waals surface area contributed by atoms with Gasteiger partial charge in [0.1, 0.15) is 11.8 Å². The van der Waals surface area contributed by atoms with Crippen LogP contribution in [0, 0.1) is 0 Å². The lowest BCUT2D eigenvalue weighted by Gasteiger charge is -2.47. The molecule has 0 spiro atoms. The highest BCUT2D eigenvalue weighted by Crippen LogP contribution is 2.43. The third-order valence-electron chi connectivity index (χ3n) is 7.11. The Morgan fingerprint density at radius 3 is 2.71 bits per heavy atom. The van der Waals surface area contributed by atoms with Gasteiger partial charge in [-0.05, 0) is 42.2 Å². The number of aromatic nitrogens is 1. The summed E-state index contributed by atoms with van der Waals surface area (Å²) in [6.07, 6.45) is 3.37. The van der Waals surface area contributed by atoms with Gasteiger partial charge in [-0.1, -0.05) is 43.7 Å². The van der Waals surface area contributed by atoms with Gasteiger partial charge < -0.3 is 24.3 Å². The van der Waals surface area contributed by atoms with Crippen molar-refractivity contribution in [3.8, 4) is 5.75 Å². The third-order valence-corrected chi connectivity index (χ3v) is 7.11. The molecule has 2 aromatic carbocycles. The molecule has 0 bridgehead atoms. The maximum Gasteiger partial charge on any atom is 0.246 e. The Morgan fingerprint density at radius 2 is 1.89 bits per heavy atom. The summed E-state index contributed by atoms with van der Waals surface area (Å²) in [5.74, 6) is 0.711. The van der Waals surface area contributed by atoms with Gasteiger partial charge in [0.05, 0.1) is 19.7 Å². The standard InChI is InChI=1S/C28H33N3O4/c1-3-4-14-35-15-8-13-30-18-25(32)31-24(28(30)33)17-22-21-11-5-6-12-23(21)29-26(22)27(31)19-9-7-10-20(16-19)34-2/h5-7,9-12,16,24,27,29H,3-4,8,13-15,17-18H2,1-2H3. The molecule has 2 unspecified atom stereocenters. The van der Waals surface area contributed by atoms with E-state index in [0.29, 0.717) is 19.6 Å². The van der Waals surface area contributed by atoms with Gasteiger partial charge in [0, 0.05) is 42.8 Å². The van der Waals surface area contributed by atoms with Crippen LogP contribution >= 0.6 is 0 Å². The molecule has 3 aromatic rings. The lowest BCUT2D eigenvalue weighted by Crippen LogP contribution is -2.63. The molecular weight excluding hydrogens is 442 g/mol. The van der Waals surface area contributed by atoms with Crippen molar-refractivity contribution in [1.82, 2.24) is 14.8 Å². The van der Waals surface area contributed by atoms with E-state index < -0.39 is 6.04 Å². The van der Waals surface area contributed by atoms with Crippen LogP contribution in [0.3, 0.4) is 0 Å². The highest BCUT2D eigenvalue weighted by atomic mass is 16.5. The third kappa shape index (κ3) is 4.41. The summed E-state index contributed by atoms with van der Waals surface area (Å²) in [5.41, 5.74) is 4.04. The van der Waals surface area contributed by atoms with E-state index >= 15 is 0 Å². The van der Waals surface area contributed by atoms with Crippen LogP contribution in [0.4, 0.5) is 0 Å². The highest BCUT2D eigenvalue weighted by Gasteiger charge is 2.48. The van der Waals surface area contributed by atoms with Crippen LogP contribution in [0.1, 0.15) is 49.0 Å². The van der Waals surface area contributed by atoms with Gasteiger partial charge in [-0.3, -0.25) is 9.59 Å². The number of carbonyl (C=O) groups is 2. The zero-order chi connectivity index (χ0) is 24.4. The molecule has 1 fully saturated rings. The number of rotatable bonds is 9. The van der Waals surface area contributed by atoms with Gasteiger partial charge >= 0.3 is 0 Å². The number of ether oxygens (including phenoxy) is 2. The molecule has 2 atom stereocenters. The Hall–Kier alpha value is -3.32. The Morgan fingerprint density at radius 1 is 1.06 bits per heavy atom. The molecule has 184 valence electrons. The van der Waals surface area contributed by atoms with Crippen LogP contribution in [0.2, 0.25) is 0 Å². The smallest absolute Gasteiger partial charge is 0.246 e. The molecule has 2 aliphatic rings. The van der Waals surface area contributed by atoms with Gasteiger partial charge in [0.2, 0.25) is 11.8 Å². The fourth-order valence-electron chi connectivity index (χ4n) is 5.38. The summed E-state index contributed by atoms with van der Waals surface area (Å²) in [4.78, 5) is 34.3. The average molecular weight is 476 g/mol. The summed E-state index contributed by atoms with van der Waals surface area (Å²) < 4.78 is 11.1. The van der Waals surface area contributed by atoms with Crippen LogP contribution in [0.25, 0.3) is 10.9 Å². The van der Waals surface area contributed by atoms with E-state index in [4.69, 9.17) is 9.47 Å². The molecule has 7 heteroatoms. The zero-order valence-corrected chi connectivity index (χ0v) is 20.5. The lowest BCUT2D eigenvalue weighted by atomic mass is 9.86. The maximum absolute atomic E-state index is 13.7. The second kappa shape index (κ2) is 10.1. The second-order valence-electron chi connectivity index (χ2n) is 9.34. The molecule has 0 saturated carbocycles. The fourth-order valence-corrected chi connectivity index (χ4v) is 5.38. The number of amides is 2. The van der Waals surface area contributed by atoms with Gasteiger partial charge in [-0.25, -0.2) is 0 Å². The number of aromatic amines is 1. The monoisotopic (exact) mass is 475 g/mol. The molecule has 7 nitrogen and oxygen atoms in total. The minimum absolute atomic E-state index is 0.0157. The molecule has 1 aromatic heterocycles. The molecule has 5 rings (SSSR count). The van der Waals surface area contributed by atoms with Gasteiger partial charge in [-0.2, -0.15) is 0 Å². The number of para-hydroxylation sites is 1. The number of nitrogens with one attached hydrogen (secondary N) is 1. The molecule has 2 aliphatic heterocycles. The van der Waals surface area contributed by atoms with Crippen LogP contribution < -0.4 is 4.74 Å². The lowest BCUT2D eigenvalue weighted by molar-refractivity contribution is -0.158. The van der Waals surface area contributed by atoms with E-state index in [0.717, 1.165) is 59.3 Å². The van der Waals surface area contributed by atoms with E-state index in [9.17, 15) is 9.59 Å². The van der Waals surface area contributed by atoms with Crippen molar-refractivity contribution in [1.29, 1.82) is 0 Å². The number of H-pyrrole nitrogens is 1. The molecule has 1 N–H and O–H groups in total. The summed E-state index contributed by atoms with van der Waals surface area (Å²) in [6.45, 7) is 4.11. The first-order chi connectivity index (χ1) is 17.1. The van der Waals surface area contributed by atoms with Crippen molar-refractivity contribution in [2.75, 3.05) is 33.4 Å². The average Bonchev–Trinajstić information content (AvgIpc) is 3.26. The molecule has 0 aliphatic carbocycles. The number of methoxy groups -OCH3 is 1. The number of hydrogen-bond donors (Lipinski definition) is 1. The Kier molecular flexibility index (Phi) is 6.77. The van der Waals surface area contributed by atoms with Crippen LogP contribution in [0.5, 0.6) is 5.75 Å². The van der Waals surface area contributed by atoms with Crippen LogP contribution in [0.15, 0.2) is 48.5 Å². The van der Waals surface area contributed by atoms with Gasteiger partial charge in [0.15, 0.2) is 0 Å². The van der Waals surface area contributed by atoms with E-state index in [-0.39, 0.29) is 24.4 Å². The van der Waals surface area contributed by atoms with E-state index in [1.54, 1.807) is 16.9 Å². The number of benzene rings is 2.